The van der Waals surface area contributed by atoms with Gasteiger partial charge in [0.05, 0.1) is 13.2 Å². The van der Waals surface area contributed by atoms with E-state index in [2.05, 4.69) is 52.4 Å². The topological polar surface area (TPSA) is 83.5 Å². The molecule has 0 bridgehead atoms. The van der Waals surface area contributed by atoms with Crippen molar-refractivity contribution in [3.63, 3.8) is 0 Å². The molecule has 7 nitrogen and oxygen atoms in total. The van der Waals surface area contributed by atoms with Gasteiger partial charge in [-0.05, 0) is 45.7 Å². The summed E-state index contributed by atoms with van der Waals surface area (Å²) in [5, 5.41) is 9.25. The molecule has 1 N–H and O–H groups in total. The molecule has 1 atom stereocenters. The Morgan fingerprint density at radius 3 is 2.11 bits per heavy atom. The predicted octanol–water partition coefficient (Wildman–Crippen LogP) is 2.27. The first kappa shape index (κ1) is 26.9. The van der Waals surface area contributed by atoms with Crippen molar-refractivity contribution in [1.29, 1.82) is 0 Å². The summed E-state index contributed by atoms with van der Waals surface area (Å²) >= 11 is 0. The highest BCUT2D eigenvalue weighted by Crippen LogP contribution is 2.26. The van der Waals surface area contributed by atoms with E-state index in [-0.39, 0.29) is 13.2 Å². The van der Waals surface area contributed by atoms with Crippen molar-refractivity contribution in [2.45, 2.75) is 64.4 Å². The van der Waals surface area contributed by atoms with Crippen LogP contribution in [0.3, 0.4) is 0 Å². The van der Waals surface area contributed by atoms with Crippen LogP contribution in [0.4, 0.5) is 0 Å². The number of rotatable bonds is 15. The van der Waals surface area contributed by atoms with Gasteiger partial charge >= 0.3 is 14.8 Å². The molecule has 0 aromatic heterocycles. The van der Waals surface area contributed by atoms with Gasteiger partial charge in [0.15, 0.2) is 16.6 Å². The van der Waals surface area contributed by atoms with E-state index in [0.29, 0.717) is 12.7 Å². The first-order chi connectivity index (χ1) is 12.4. The molecule has 0 fully saturated rings. The molecule has 27 heavy (non-hydrogen) atoms. The van der Waals surface area contributed by atoms with Crippen LogP contribution in [0.2, 0.25) is 51.9 Å². The van der Waals surface area contributed by atoms with E-state index < -0.39 is 47.3 Å². The van der Waals surface area contributed by atoms with Crippen molar-refractivity contribution in [2.75, 3.05) is 19.8 Å². The lowest BCUT2D eigenvalue weighted by molar-refractivity contribution is -0.148. The molecule has 1 unspecified atom stereocenters. The average molecular weight is 455 g/mol. The molecular formula is C16H38O7Si4. The van der Waals surface area contributed by atoms with E-state index in [1.807, 2.05) is 0 Å². The first-order valence-corrected chi connectivity index (χ1v) is 20.2. The maximum atomic E-state index is 11.2. The second-order valence-electron chi connectivity index (χ2n) is 8.17. The Labute approximate surface area is 170 Å². The van der Waals surface area contributed by atoms with Crippen molar-refractivity contribution >= 4 is 41.2 Å². The number of carbonyl (C=O) groups excluding carboxylic acids is 1. The molecule has 0 rings (SSSR count). The van der Waals surface area contributed by atoms with E-state index in [1.165, 1.54) is 0 Å². The van der Waals surface area contributed by atoms with Crippen LogP contribution >= 0.6 is 0 Å². The molecule has 0 amide bonds. The molecule has 0 aromatic rings. The van der Waals surface area contributed by atoms with E-state index in [0.717, 1.165) is 12.5 Å². The number of aliphatic hydroxyl groups is 1. The van der Waals surface area contributed by atoms with E-state index in [1.54, 1.807) is 0 Å². The summed E-state index contributed by atoms with van der Waals surface area (Å²) in [4.78, 5) is 11.2. The monoisotopic (exact) mass is 454 g/mol. The lowest BCUT2D eigenvalue weighted by Crippen LogP contribution is -2.57. The quantitative estimate of drug-likeness (QED) is 0.176. The van der Waals surface area contributed by atoms with Crippen LogP contribution in [0.1, 0.15) is 6.42 Å². The second kappa shape index (κ2) is 12.4. The van der Waals surface area contributed by atoms with E-state index in [9.17, 15) is 9.90 Å². The second-order valence-corrected chi connectivity index (χ2v) is 21.8. The Morgan fingerprint density at radius 2 is 1.70 bits per heavy atom. The summed E-state index contributed by atoms with van der Waals surface area (Å²) in [7, 11) is -7.07. The van der Waals surface area contributed by atoms with E-state index >= 15 is 0 Å². The third-order valence-corrected chi connectivity index (χ3v) is 14.3. The van der Waals surface area contributed by atoms with Crippen molar-refractivity contribution < 1.29 is 31.7 Å². The lowest BCUT2D eigenvalue weighted by atomic mass is 10.4. The van der Waals surface area contributed by atoms with Gasteiger partial charge < -0.3 is 26.9 Å². The number of carbonyl (C=O) groups is 1. The highest BCUT2D eigenvalue weighted by molar-refractivity contribution is 6.86. The van der Waals surface area contributed by atoms with Gasteiger partial charge in [-0.1, -0.05) is 13.1 Å². The average Bonchev–Trinajstić information content (AvgIpc) is 2.50. The number of ether oxygens (including phenoxy) is 2. The number of esters is 1. The third kappa shape index (κ3) is 13.6. The first-order valence-electron chi connectivity index (χ1n) is 9.42. The van der Waals surface area contributed by atoms with Crippen molar-refractivity contribution in [2.24, 2.45) is 0 Å². The summed E-state index contributed by atoms with van der Waals surface area (Å²) in [6.07, 6.45) is 1.10. The van der Waals surface area contributed by atoms with Crippen LogP contribution in [-0.2, 0) is 26.6 Å². The Bertz CT molecular complexity index is 433. The Kier molecular flexibility index (Phi) is 12.4. The summed E-state index contributed by atoms with van der Waals surface area (Å²) in [5.74, 6) is -0.572. The Morgan fingerprint density at radius 1 is 1.15 bits per heavy atom. The number of hydrogen-bond acceptors (Lipinski definition) is 7. The fraction of sp³-hybridized carbons (Fsp3) is 0.812. The maximum Gasteiger partial charge on any atom is 0.469 e. The zero-order valence-corrected chi connectivity index (χ0v) is 22.4. The van der Waals surface area contributed by atoms with Gasteiger partial charge in [0.25, 0.3) is 0 Å². The van der Waals surface area contributed by atoms with Crippen LogP contribution in [0.15, 0.2) is 12.7 Å². The van der Waals surface area contributed by atoms with Gasteiger partial charge in [0, 0.05) is 18.7 Å². The van der Waals surface area contributed by atoms with Crippen LogP contribution in [0, 0.1) is 0 Å². The summed E-state index contributed by atoms with van der Waals surface area (Å²) in [5.41, 5.74) is 0. The standard InChI is InChI=1S/C16H38O7Si4/c1-9-16(18)20-15(13-17)14-19-11-10-12-27(21-24-2,22-25(3,4)5)23-26(6,7)8/h9,15,17H,1,10-14,24H2,2-8H3. The maximum absolute atomic E-state index is 11.2. The Hall–Kier alpha value is -0.122. The fourth-order valence-corrected chi connectivity index (χ4v) is 15.6. The zero-order chi connectivity index (χ0) is 21.1. The summed E-state index contributed by atoms with van der Waals surface area (Å²) in [6.45, 7) is 18.6. The number of hydrogen-bond donors (Lipinski definition) is 1. The van der Waals surface area contributed by atoms with Gasteiger partial charge in [0.2, 0.25) is 0 Å². The highest BCUT2D eigenvalue weighted by atomic mass is 28.5. The minimum absolute atomic E-state index is 0.137. The van der Waals surface area contributed by atoms with Gasteiger partial charge in [-0.15, -0.1) is 0 Å². The van der Waals surface area contributed by atoms with Gasteiger partial charge in [-0.25, -0.2) is 4.79 Å². The van der Waals surface area contributed by atoms with Gasteiger partial charge in [-0.2, -0.15) is 0 Å². The highest BCUT2D eigenvalue weighted by Gasteiger charge is 2.46. The van der Waals surface area contributed by atoms with Crippen molar-refractivity contribution in [3.05, 3.63) is 12.7 Å². The van der Waals surface area contributed by atoms with E-state index in [4.69, 9.17) is 21.8 Å². The molecule has 0 saturated heterocycles. The number of aliphatic hydroxyl groups excluding tert-OH is 1. The fourth-order valence-electron chi connectivity index (χ4n) is 2.35. The van der Waals surface area contributed by atoms with Crippen LogP contribution in [0.5, 0.6) is 0 Å². The third-order valence-electron chi connectivity index (χ3n) is 3.02. The molecule has 0 aliphatic carbocycles. The SMILES string of the molecule is C=CC(=O)OC(CO)COCCC[Si](O[SiH2]C)(O[Si](C)(C)C)O[Si](C)(C)C. The lowest BCUT2D eigenvalue weighted by Gasteiger charge is -2.39. The van der Waals surface area contributed by atoms with Gasteiger partial charge in [0.1, 0.15) is 15.9 Å². The molecule has 0 aliphatic rings. The summed E-state index contributed by atoms with van der Waals surface area (Å²) in [6, 6.07) is 0.707. The smallest absolute Gasteiger partial charge is 0.454 e. The molecule has 0 aromatic carbocycles. The molecule has 0 spiro atoms. The van der Waals surface area contributed by atoms with Crippen molar-refractivity contribution in [3.8, 4) is 0 Å². The zero-order valence-electron chi connectivity index (χ0n) is 18.0. The van der Waals surface area contributed by atoms with Crippen LogP contribution in [0.25, 0.3) is 0 Å². The Balaban J connectivity index is 4.74. The molecule has 160 valence electrons. The molecule has 0 radical (unpaired) electrons. The van der Waals surface area contributed by atoms with Gasteiger partial charge in [-0.3, -0.25) is 0 Å². The van der Waals surface area contributed by atoms with Crippen LogP contribution in [-0.4, -0.2) is 72.2 Å². The molecule has 0 heterocycles. The predicted molar refractivity (Wildman–Crippen MR) is 118 cm³/mol. The van der Waals surface area contributed by atoms with Crippen molar-refractivity contribution in [1.82, 2.24) is 0 Å². The minimum atomic E-state index is -2.73. The largest absolute Gasteiger partial charge is 0.469 e. The summed E-state index contributed by atoms with van der Waals surface area (Å²) < 4.78 is 29.8. The van der Waals surface area contributed by atoms with Crippen LogP contribution < -0.4 is 0 Å². The molecule has 0 saturated carbocycles. The normalized spacial score (nSPS) is 14.5. The molecule has 11 heteroatoms. The molecular weight excluding hydrogens is 417 g/mol. The molecule has 0 aliphatic heterocycles. The minimum Gasteiger partial charge on any atom is -0.454 e.